The standard InChI is InChI=1S/C44H51F3N8O7/c1-43(2,61)30-22-27-25-54(52-33(27)23-34(30)50-39(57)32-10-5-11-36(49-32)44(45,46)47)28-14-12-26(13-15-28)24-53(3)19-7-21-62-20-6-18-48-31-9-4-8-29-38(31)42(60)55(41(29)59)35-16-17-37(56)51-40(35)58/h4-5,8-11,22-23,25-26,28,35,48,61H,6-7,12-21,24H2,1-3H3,(H,50,57)(H,51,56,58). The van der Waals surface area contributed by atoms with Crippen LogP contribution >= 0.6 is 0 Å². The molecule has 1 saturated heterocycles. The zero-order valence-corrected chi connectivity index (χ0v) is 34.9. The first kappa shape index (κ1) is 44.3. The van der Waals surface area contributed by atoms with E-state index < -0.39 is 58.7 Å². The van der Waals surface area contributed by atoms with Crippen LogP contribution in [-0.4, -0.2) is 105 Å². The molecule has 0 bridgehead atoms. The number of rotatable bonds is 16. The van der Waals surface area contributed by atoms with Crippen molar-refractivity contribution in [1.29, 1.82) is 0 Å². The highest BCUT2D eigenvalue weighted by Crippen LogP contribution is 2.37. The largest absolute Gasteiger partial charge is 0.433 e. The van der Waals surface area contributed by atoms with E-state index in [0.29, 0.717) is 48.9 Å². The SMILES string of the molecule is CN(CCCOCCCNc1cccc2c1C(=O)N(C1CCC(=O)NC1=O)C2=O)CC1CCC(n2cc3cc(C(C)(C)O)c(NC(=O)c4cccc(C(F)(F)F)n4)cc3n2)CC1. The van der Waals surface area contributed by atoms with Gasteiger partial charge in [-0.15, -0.1) is 0 Å². The number of nitrogens with zero attached hydrogens (tertiary/aromatic N) is 5. The molecule has 330 valence electrons. The van der Waals surface area contributed by atoms with Gasteiger partial charge in [-0.2, -0.15) is 18.3 Å². The second kappa shape index (κ2) is 18.3. The van der Waals surface area contributed by atoms with E-state index in [1.807, 2.05) is 10.9 Å². The lowest BCUT2D eigenvalue weighted by atomic mass is 9.86. The molecule has 18 heteroatoms. The van der Waals surface area contributed by atoms with Crippen LogP contribution in [0.3, 0.4) is 0 Å². The van der Waals surface area contributed by atoms with Crippen LogP contribution in [0.4, 0.5) is 24.5 Å². The van der Waals surface area contributed by atoms with Crippen molar-refractivity contribution in [2.24, 2.45) is 5.92 Å². The number of anilines is 2. The summed E-state index contributed by atoms with van der Waals surface area (Å²) in [5.74, 6) is -2.46. The first-order chi connectivity index (χ1) is 29.5. The molecule has 1 saturated carbocycles. The molecule has 5 amide bonds. The third kappa shape index (κ3) is 9.98. The van der Waals surface area contributed by atoms with Gasteiger partial charge in [-0.05, 0) is 108 Å². The molecule has 7 rings (SSSR count). The van der Waals surface area contributed by atoms with Gasteiger partial charge in [-0.1, -0.05) is 12.1 Å². The summed E-state index contributed by atoms with van der Waals surface area (Å²) in [6.07, 6.45) is 2.84. The van der Waals surface area contributed by atoms with Crippen molar-refractivity contribution in [3.63, 3.8) is 0 Å². The number of nitrogens with one attached hydrogen (secondary N) is 3. The minimum absolute atomic E-state index is 0.0597. The summed E-state index contributed by atoms with van der Waals surface area (Å²) in [5.41, 5.74) is -0.759. The quantitative estimate of drug-likeness (QED) is 0.0776. The molecule has 62 heavy (non-hydrogen) atoms. The molecular formula is C44H51F3N8O7. The van der Waals surface area contributed by atoms with E-state index in [1.54, 1.807) is 44.2 Å². The van der Waals surface area contributed by atoms with Crippen molar-refractivity contribution >= 4 is 51.8 Å². The van der Waals surface area contributed by atoms with Crippen molar-refractivity contribution < 1.29 is 47.0 Å². The number of aromatic nitrogens is 3. The molecule has 2 aromatic carbocycles. The predicted molar refractivity (Wildman–Crippen MR) is 222 cm³/mol. The Morgan fingerprint density at radius 2 is 1.71 bits per heavy atom. The van der Waals surface area contributed by atoms with Crippen molar-refractivity contribution in [2.45, 2.75) is 89.1 Å². The topological polar surface area (TPSA) is 188 Å². The Bertz CT molecular complexity index is 2350. The number of hydrogen-bond donors (Lipinski definition) is 4. The number of hydrogen-bond acceptors (Lipinski definition) is 11. The highest BCUT2D eigenvalue weighted by molar-refractivity contribution is 6.25. The molecule has 1 unspecified atom stereocenters. The Morgan fingerprint density at radius 1 is 0.968 bits per heavy atom. The normalized spacial score (nSPS) is 19.6. The summed E-state index contributed by atoms with van der Waals surface area (Å²) in [6, 6.07) is 10.6. The minimum Gasteiger partial charge on any atom is -0.386 e. The maximum atomic E-state index is 13.3. The van der Waals surface area contributed by atoms with E-state index in [2.05, 4.69) is 32.9 Å². The lowest BCUT2D eigenvalue weighted by Crippen LogP contribution is -2.54. The van der Waals surface area contributed by atoms with Crippen molar-refractivity contribution in [3.8, 4) is 0 Å². The lowest BCUT2D eigenvalue weighted by Gasteiger charge is -2.31. The number of carbonyl (C=O) groups is 5. The van der Waals surface area contributed by atoms with E-state index in [-0.39, 0.29) is 35.7 Å². The maximum Gasteiger partial charge on any atom is 0.433 e. The van der Waals surface area contributed by atoms with Crippen molar-refractivity contribution in [2.75, 3.05) is 50.5 Å². The Labute approximate surface area is 356 Å². The molecule has 1 aliphatic carbocycles. The fraction of sp³-hybridized carbons (Fsp3) is 0.477. The zero-order valence-electron chi connectivity index (χ0n) is 34.9. The number of piperidine rings is 1. The van der Waals surface area contributed by atoms with Crippen LogP contribution in [0.2, 0.25) is 0 Å². The van der Waals surface area contributed by atoms with Crippen LogP contribution in [0, 0.1) is 5.92 Å². The molecule has 4 heterocycles. The molecule has 0 spiro atoms. The molecule has 4 aromatic rings. The third-order valence-corrected chi connectivity index (χ3v) is 11.7. The minimum atomic E-state index is -4.70. The van der Waals surface area contributed by atoms with Crippen LogP contribution < -0.4 is 16.0 Å². The molecular weight excluding hydrogens is 810 g/mol. The van der Waals surface area contributed by atoms with Crippen LogP contribution in [0.1, 0.15) is 114 Å². The Morgan fingerprint density at radius 3 is 2.44 bits per heavy atom. The second-order valence-corrected chi connectivity index (χ2v) is 16.8. The summed E-state index contributed by atoms with van der Waals surface area (Å²) in [6.45, 7) is 6.60. The predicted octanol–water partition coefficient (Wildman–Crippen LogP) is 5.90. The number of imide groups is 2. The van der Waals surface area contributed by atoms with Gasteiger partial charge >= 0.3 is 6.18 Å². The molecule has 15 nitrogen and oxygen atoms in total. The van der Waals surface area contributed by atoms with Gasteiger partial charge in [-0.25, -0.2) is 4.98 Å². The summed E-state index contributed by atoms with van der Waals surface area (Å²) in [4.78, 5) is 70.2. The van der Waals surface area contributed by atoms with Crippen LogP contribution in [0.25, 0.3) is 10.9 Å². The first-order valence-corrected chi connectivity index (χ1v) is 20.9. The van der Waals surface area contributed by atoms with Gasteiger partial charge in [0.1, 0.15) is 17.4 Å². The van der Waals surface area contributed by atoms with Gasteiger partial charge < -0.3 is 25.4 Å². The Balaban J connectivity index is 0.825. The number of fused-ring (bicyclic) bond motifs is 2. The van der Waals surface area contributed by atoms with Gasteiger partial charge in [0.2, 0.25) is 11.8 Å². The maximum absolute atomic E-state index is 13.3. The number of halogens is 3. The number of ether oxygens (including phenoxy) is 1. The van der Waals surface area contributed by atoms with Gasteiger partial charge in [0.05, 0.1) is 28.3 Å². The molecule has 3 aliphatic rings. The monoisotopic (exact) mass is 860 g/mol. The van der Waals surface area contributed by atoms with Crippen LogP contribution in [-0.2, 0) is 26.1 Å². The summed E-state index contributed by atoms with van der Waals surface area (Å²) in [7, 11) is 2.11. The van der Waals surface area contributed by atoms with E-state index in [9.17, 15) is 42.3 Å². The molecule has 1 atom stereocenters. The number of pyridine rings is 1. The van der Waals surface area contributed by atoms with Crippen molar-refractivity contribution in [1.82, 2.24) is 29.9 Å². The van der Waals surface area contributed by atoms with E-state index in [1.165, 1.54) is 6.07 Å². The lowest BCUT2D eigenvalue weighted by molar-refractivity contribution is -0.141. The van der Waals surface area contributed by atoms with E-state index in [4.69, 9.17) is 9.84 Å². The molecule has 2 fully saturated rings. The Kier molecular flexibility index (Phi) is 13.1. The average Bonchev–Trinajstić information content (AvgIpc) is 3.75. The zero-order chi connectivity index (χ0) is 44.3. The van der Waals surface area contributed by atoms with E-state index in [0.717, 1.165) is 67.6 Å². The first-order valence-electron chi connectivity index (χ1n) is 20.9. The summed E-state index contributed by atoms with van der Waals surface area (Å²) in [5, 5.41) is 24.6. The number of alkyl halides is 3. The van der Waals surface area contributed by atoms with Crippen LogP contribution in [0.5, 0.6) is 0 Å². The second-order valence-electron chi connectivity index (χ2n) is 16.8. The molecule has 2 aliphatic heterocycles. The molecule has 4 N–H and O–H groups in total. The Hall–Kier alpha value is -5.72. The number of amides is 5. The number of benzene rings is 2. The third-order valence-electron chi connectivity index (χ3n) is 11.7. The molecule has 2 aromatic heterocycles. The van der Waals surface area contributed by atoms with Gasteiger partial charge in [-0.3, -0.25) is 38.9 Å². The summed E-state index contributed by atoms with van der Waals surface area (Å²) >= 11 is 0. The van der Waals surface area contributed by atoms with Gasteiger partial charge in [0.15, 0.2) is 0 Å². The number of carbonyl (C=O) groups excluding carboxylic acids is 5. The fourth-order valence-electron chi connectivity index (χ4n) is 8.51. The van der Waals surface area contributed by atoms with Crippen LogP contribution in [0.15, 0.2) is 54.7 Å². The van der Waals surface area contributed by atoms with Gasteiger partial charge in [0.25, 0.3) is 17.7 Å². The van der Waals surface area contributed by atoms with Crippen molar-refractivity contribution in [3.05, 3.63) is 82.8 Å². The highest BCUT2D eigenvalue weighted by Gasteiger charge is 2.45. The van der Waals surface area contributed by atoms with Gasteiger partial charge in [0, 0.05) is 67.8 Å². The van der Waals surface area contributed by atoms with E-state index >= 15 is 0 Å². The summed E-state index contributed by atoms with van der Waals surface area (Å²) < 4.78 is 47.5. The highest BCUT2D eigenvalue weighted by atomic mass is 19.4. The fourth-order valence-corrected chi connectivity index (χ4v) is 8.51. The smallest absolute Gasteiger partial charge is 0.386 e. The molecule has 0 radical (unpaired) electrons. The average molecular weight is 861 g/mol. The number of aliphatic hydroxyl groups is 1.